The second kappa shape index (κ2) is 10.6. The fourth-order valence-corrected chi connectivity index (χ4v) is 6.86. The first-order chi connectivity index (χ1) is 20.5. The van der Waals surface area contributed by atoms with Gasteiger partial charge in [-0.05, 0) is 80.1 Å². The summed E-state index contributed by atoms with van der Waals surface area (Å²) in [6, 6.07) is 13.4. The van der Waals surface area contributed by atoms with Gasteiger partial charge in [-0.25, -0.2) is 18.7 Å². The molecule has 1 N–H and O–H groups in total. The minimum atomic E-state index is -0.647. The van der Waals surface area contributed by atoms with Crippen LogP contribution in [-0.2, 0) is 4.74 Å². The van der Waals surface area contributed by atoms with Gasteiger partial charge < -0.3 is 19.9 Å². The number of halogens is 2. The Morgan fingerprint density at radius 2 is 1.86 bits per heavy atom. The highest BCUT2D eigenvalue weighted by molar-refractivity contribution is 5.90. The molecule has 0 radical (unpaired) electrons. The molecule has 0 unspecified atom stereocenters. The molecule has 1 atom stereocenters. The number of benzene rings is 2. The molecule has 0 aliphatic carbocycles. The van der Waals surface area contributed by atoms with Gasteiger partial charge in [0.15, 0.2) is 5.65 Å². The minimum Gasteiger partial charge on any atom is -0.380 e. The summed E-state index contributed by atoms with van der Waals surface area (Å²) in [6.07, 6.45) is 6.14. The molecule has 4 aromatic rings. The molecule has 3 saturated heterocycles. The average Bonchev–Trinajstić information content (AvgIpc) is 3.77. The molecule has 3 aliphatic rings. The lowest BCUT2D eigenvalue weighted by Crippen LogP contribution is -2.41. The van der Waals surface area contributed by atoms with E-state index in [1.54, 1.807) is 30.0 Å². The summed E-state index contributed by atoms with van der Waals surface area (Å²) in [5.74, 6) is -0.705. The summed E-state index contributed by atoms with van der Waals surface area (Å²) in [6.45, 7) is 5.43. The lowest BCUT2D eigenvalue weighted by Gasteiger charge is -2.40. The van der Waals surface area contributed by atoms with Gasteiger partial charge in [0.25, 0.3) is 0 Å². The van der Waals surface area contributed by atoms with Gasteiger partial charge in [-0.3, -0.25) is 4.57 Å². The van der Waals surface area contributed by atoms with Crippen LogP contribution in [0.3, 0.4) is 0 Å². The molecule has 8 nitrogen and oxygen atoms in total. The number of ether oxygens (including phenoxy) is 1. The maximum atomic E-state index is 16.0. The maximum absolute atomic E-state index is 16.0. The van der Waals surface area contributed by atoms with E-state index in [2.05, 4.69) is 20.1 Å². The van der Waals surface area contributed by atoms with Crippen LogP contribution in [0.4, 0.5) is 20.2 Å². The summed E-state index contributed by atoms with van der Waals surface area (Å²) in [5.41, 5.74) is 3.89. The Labute approximate surface area is 243 Å². The molecular formula is C32H33F2N7O. The Hall–Kier alpha value is -4.07. The average molecular weight is 570 g/mol. The first kappa shape index (κ1) is 26.8. The van der Waals surface area contributed by atoms with E-state index in [9.17, 15) is 9.65 Å². The number of pyridine rings is 1. The Bertz CT molecular complexity index is 1680. The normalized spacial score (nSPS) is 20.1. The Morgan fingerprint density at radius 3 is 2.55 bits per heavy atom. The van der Waals surface area contributed by atoms with Crippen molar-refractivity contribution in [2.75, 3.05) is 56.2 Å². The van der Waals surface area contributed by atoms with Crippen molar-refractivity contribution >= 4 is 22.5 Å². The molecular weight excluding hydrogens is 536 g/mol. The Morgan fingerprint density at radius 1 is 1.00 bits per heavy atom. The molecule has 1 spiro atoms. The lowest BCUT2D eigenvalue weighted by molar-refractivity contribution is 0.121. The third-order valence-corrected chi connectivity index (χ3v) is 9.39. The van der Waals surface area contributed by atoms with Crippen molar-refractivity contribution in [2.24, 2.45) is 5.41 Å². The van der Waals surface area contributed by atoms with Crippen molar-refractivity contribution in [1.82, 2.24) is 19.9 Å². The van der Waals surface area contributed by atoms with Crippen LogP contribution in [0, 0.1) is 28.4 Å². The van der Waals surface area contributed by atoms with Crippen molar-refractivity contribution in [3.8, 4) is 23.1 Å². The third-order valence-electron chi connectivity index (χ3n) is 9.39. The van der Waals surface area contributed by atoms with Crippen LogP contribution in [0.15, 0.2) is 48.7 Å². The Balaban J connectivity index is 1.33. The molecule has 0 amide bonds. The number of piperidine rings is 1. The second-order valence-corrected chi connectivity index (χ2v) is 11.7. The molecule has 42 heavy (non-hydrogen) atoms. The van der Waals surface area contributed by atoms with Crippen LogP contribution in [0.5, 0.6) is 0 Å². The van der Waals surface area contributed by atoms with Crippen molar-refractivity contribution in [3.63, 3.8) is 0 Å². The standard InChI is InChI=1S/C32H33F2N7O/c1-42-24-7-13-40(19-24)23-4-5-27(26(34)17-23)41-30(21-2-3-22(18-35)25(33)16-21)38-29-28(6-11-37-31(29)41)39-14-9-32(10-15-39)8-12-36-20-32/h2-6,11,16-17,24,36H,7-10,12-15,19-20H2,1H3/t24-/m0/s1. The summed E-state index contributed by atoms with van der Waals surface area (Å²) < 4.78 is 38.0. The molecule has 0 bridgehead atoms. The SMILES string of the molecule is CO[C@H]1CCN(c2ccc(-n3c(-c4ccc(C#N)c(F)c4)nc4c(N5CCC6(CCNC6)CC5)ccnc43)c(F)c2)C1. The zero-order valence-corrected chi connectivity index (χ0v) is 23.6. The smallest absolute Gasteiger partial charge is 0.167 e. The second-order valence-electron chi connectivity index (χ2n) is 11.7. The first-order valence-corrected chi connectivity index (χ1v) is 14.6. The predicted molar refractivity (Wildman–Crippen MR) is 158 cm³/mol. The lowest BCUT2D eigenvalue weighted by atomic mass is 9.78. The van der Waals surface area contributed by atoms with Crippen LogP contribution in [0.25, 0.3) is 28.2 Å². The third kappa shape index (κ3) is 4.57. The van der Waals surface area contributed by atoms with Crippen LogP contribution < -0.4 is 15.1 Å². The Kier molecular flexibility index (Phi) is 6.79. The van der Waals surface area contributed by atoms with Crippen LogP contribution in [0.2, 0.25) is 0 Å². The topological polar surface area (TPSA) is 82.2 Å². The number of nitrogens with one attached hydrogen (secondary N) is 1. The molecule has 2 aromatic heterocycles. The summed E-state index contributed by atoms with van der Waals surface area (Å²) >= 11 is 0. The molecule has 3 aliphatic heterocycles. The van der Waals surface area contributed by atoms with E-state index < -0.39 is 11.6 Å². The van der Waals surface area contributed by atoms with Crippen molar-refractivity contribution < 1.29 is 13.5 Å². The van der Waals surface area contributed by atoms with Gasteiger partial charge in [-0.15, -0.1) is 0 Å². The van der Waals surface area contributed by atoms with Gasteiger partial charge in [-0.1, -0.05) is 0 Å². The van der Waals surface area contributed by atoms with Gasteiger partial charge >= 0.3 is 0 Å². The molecule has 216 valence electrons. The number of hydrogen-bond donors (Lipinski definition) is 1. The van der Waals surface area contributed by atoms with Crippen LogP contribution >= 0.6 is 0 Å². The molecule has 5 heterocycles. The van der Waals surface area contributed by atoms with Gasteiger partial charge in [0, 0.05) is 57.3 Å². The molecule has 2 aromatic carbocycles. The summed E-state index contributed by atoms with van der Waals surface area (Å²) in [5, 5.41) is 12.8. The van der Waals surface area contributed by atoms with E-state index in [-0.39, 0.29) is 17.4 Å². The fourth-order valence-electron chi connectivity index (χ4n) is 6.86. The van der Waals surface area contributed by atoms with Crippen LogP contribution in [0.1, 0.15) is 31.2 Å². The highest BCUT2D eigenvalue weighted by Gasteiger charge is 2.37. The van der Waals surface area contributed by atoms with Gasteiger partial charge in [-0.2, -0.15) is 5.26 Å². The van der Waals surface area contributed by atoms with Crippen molar-refractivity contribution in [1.29, 1.82) is 5.26 Å². The largest absolute Gasteiger partial charge is 0.380 e. The zero-order chi connectivity index (χ0) is 28.8. The maximum Gasteiger partial charge on any atom is 0.167 e. The quantitative estimate of drug-likeness (QED) is 0.361. The van der Waals surface area contributed by atoms with Crippen LogP contribution in [-0.4, -0.2) is 67.0 Å². The number of aromatic nitrogens is 3. The number of rotatable bonds is 5. The number of anilines is 2. The van der Waals surface area contributed by atoms with Crippen molar-refractivity contribution in [3.05, 3.63) is 65.9 Å². The van der Waals surface area contributed by atoms with Gasteiger partial charge in [0.1, 0.15) is 29.0 Å². The van der Waals surface area contributed by atoms with E-state index in [1.807, 2.05) is 18.2 Å². The van der Waals surface area contributed by atoms with Gasteiger partial charge in [0.2, 0.25) is 0 Å². The minimum absolute atomic E-state index is 0.0561. The number of hydrogen-bond acceptors (Lipinski definition) is 7. The van der Waals surface area contributed by atoms with Gasteiger partial charge in [0.05, 0.1) is 23.0 Å². The highest BCUT2D eigenvalue weighted by atomic mass is 19.1. The molecule has 3 fully saturated rings. The van der Waals surface area contributed by atoms with E-state index in [0.29, 0.717) is 34.5 Å². The van der Waals surface area contributed by atoms with E-state index in [0.717, 1.165) is 63.4 Å². The monoisotopic (exact) mass is 569 g/mol. The summed E-state index contributed by atoms with van der Waals surface area (Å²) in [7, 11) is 1.70. The molecule has 10 heteroatoms. The first-order valence-electron chi connectivity index (χ1n) is 14.6. The number of methoxy groups -OCH3 is 1. The fraction of sp³-hybridized carbons (Fsp3) is 0.406. The number of nitrogens with zero attached hydrogens (tertiary/aromatic N) is 6. The zero-order valence-electron chi connectivity index (χ0n) is 23.6. The highest BCUT2D eigenvalue weighted by Crippen LogP contribution is 2.40. The van der Waals surface area contributed by atoms with E-state index in [4.69, 9.17) is 9.72 Å². The molecule has 7 rings (SSSR count). The number of fused-ring (bicyclic) bond motifs is 1. The summed E-state index contributed by atoms with van der Waals surface area (Å²) in [4.78, 5) is 14.1. The predicted octanol–water partition coefficient (Wildman–Crippen LogP) is 5.04. The van der Waals surface area contributed by atoms with Crippen molar-refractivity contribution in [2.45, 2.75) is 31.8 Å². The molecule has 0 saturated carbocycles. The van der Waals surface area contributed by atoms with E-state index >= 15 is 4.39 Å². The number of nitriles is 1. The van der Waals surface area contributed by atoms with E-state index in [1.165, 1.54) is 24.6 Å². The number of imidazole rings is 1.